The summed E-state index contributed by atoms with van der Waals surface area (Å²) < 4.78 is 2.43. The van der Waals surface area contributed by atoms with Gasteiger partial charge in [0.2, 0.25) is 0 Å². The van der Waals surface area contributed by atoms with Crippen molar-refractivity contribution in [1.29, 1.82) is 0 Å². The van der Waals surface area contributed by atoms with Gasteiger partial charge >= 0.3 is 5.97 Å². The van der Waals surface area contributed by atoms with Gasteiger partial charge in [-0.1, -0.05) is 46.3 Å². The highest BCUT2D eigenvalue weighted by molar-refractivity contribution is 9.10. The molecule has 0 saturated heterocycles. The quantitative estimate of drug-likeness (QED) is 0.757. The lowest BCUT2D eigenvalue weighted by atomic mass is 10.1. The van der Waals surface area contributed by atoms with E-state index in [9.17, 15) is 4.79 Å². The average molecular weight is 372 g/mol. The van der Waals surface area contributed by atoms with E-state index in [1.54, 1.807) is 0 Å². The van der Waals surface area contributed by atoms with Gasteiger partial charge < -0.3 is 5.11 Å². The second-order valence-corrected chi connectivity index (χ2v) is 5.99. The van der Waals surface area contributed by atoms with E-state index in [1.165, 1.54) is 4.68 Å². The lowest BCUT2D eigenvalue weighted by Crippen LogP contribution is -2.11. The number of carbonyl (C=O) groups is 1. The molecule has 5 nitrogen and oxygen atoms in total. The maximum Gasteiger partial charge on any atom is 0.325 e. The molecule has 0 atom stereocenters. The van der Waals surface area contributed by atoms with Crippen molar-refractivity contribution < 1.29 is 9.90 Å². The van der Waals surface area contributed by atoms with Crippen LogP contribution >= 0.6 is 15.9 Å². The average Bonchev–Trinajstić information content (AvgIpc) is 2.94. The van der Waals surface area contributed by atoms with Gasteiger partial charge in [0.15, 0.2) is 11.6 Å². The molecule has 0 radical (unpaired) electrons. The minimum atomic E-state index is -0.953. The number of hydrogen-bond acceptors (Lipinski definition) is 3. The van der Waals surface area contributed by atoms with Crippen molar-refractivity contribution in [3.8, 4) is 22.8 Å². The number of hydrogen-bond donors (Lipinski definition) is 1. The Balaban J connectivity index is 2.10. The number of nitrogens with zero attached hydrogens (tertiary/aromatic N) is 3. The molecule has 3 aromatic rings. The van der Waals surface area contributed by atoms with Crippen molar-refractivity contribution >= 4 is 21.9 Å². The van der Waals surface area contributed by atoms with Gasteiger partial charge in [0.25, 0.3) is 0 Å². The standard InChI is InChI=1S/C17H14BrN3O2/c1-11-9-13(7-8-14(11)18)16-19-17(12-5-3-2-4-6-12)21(20-16)10-15(22)23/h2-9H,10H2,1H3,(H,22,23). The van der Waals surface area contributed by atoms with E-state index in [4.69, 9.17) is 5.11 Å². The Kier molecular flexibility index (Phi) is 4.25. The minimum Gasteiger partial charge on any atom is -0.480 e. The molecule has 0 aliphatic carbocycles. The Hall–Kier alpha value is -2.47. The highest BCUT2D eigenvalue weighted by Crippen LogP contribution is 2.25. The highest BCUT2D eigenvalue weighted by Gasteiger charge is 2.15. The van der Waals surface area contributed by atoms with Crippen LogP contribution in [-0.4, -0.2) is 25.8 Å². The number of benzene rings is 2. The van der Waals surface area contributed by atoms with Crippen LogP contribution in [0.3, 0.4) is 0 Å². The first kappa shape index (κ1) is 15.4. The topological polar surface area (TPSA) is 68.0 Å². The molecule has 2 aromatic carbocycles. The number of carboxylic acid groups (broad SMARTS) is 1. The fraction of sp³-hybridized carbons (Fsp3) is 0.118. The van der Waals surface area contributed by atoms with Crippen molar-refractivity contribution in [3.63, 3.8) is 0 Å². The summed E-state index contributed by atoms with van der Waals surface area (Å²) in [6.45, 7) is 1.76. The first-order chi connectivity index (χ1) is 11.0. The molecule has 6 heteroatoms. The lowest BCUT2D eigenvalue weighted by molar-refractivity contribution is -0.137. The first-order valence-electron chi connectivity index (χ1n) is 7.03. The fourth-order valence-electron chi connectivity index (χ4n) is 2.29. The van der Waals surface area contributed by atoms with Gasteiger partial charge in [0.05, 0.1) is 0 Å². The molecule has 3 rings (SSSR count). The molecule has 0 saturated carbocycles. The van der Waals surface area contributed by atoms with Crippen molar-refractivity contribution in [2.24, 2.45) is 0 Å². The van der Waals surface area contributed by atoms with Crippen molar-refractivity contribution in [2.75, 3.05) is 0 Å². The Labute approximate surface area is 141 Å². The summed E-state index contributed by atoms with van der Waals surface area (Å²) in [4.78, 5) is 15.6. The van der Waals surface area contributed by atoms with Crippen LogP contribution in [-0.2, 0) is 11.3 Å². The van der Waals surface area contributed by atoms with Crippen LogP contribution in [0.4, 0.5) is 0 Å². The molecule has 0 spiro atoms. The summed E-state index contributed by atoms with van der Waals surface area (Å²) in [7, 11) is 0. The smallest absolute Gasteiger partial charge is 0.325 e. The number of aromatic nitrogens is 3. The molecule has 23 heavy (non-hydrogen) atoms. The van der Waals surface area contributed by atoms with Crippen molar-refractivity contribution in [3.05, 3.63) is 58.6 Å². The molecule has 0 amide bonds. The van der Waals surface area contributed by atoms with Gasteiger partial charge in [0.1, 0.15) is 6.54 Å². The summed E-state index contributed by atoms with van der Waals surface area (Å²) in [5.41, 5.74) is 2.76. The minimum absolute atomic E-state index is 0.229. The van der Waals surface area contributed by atoms with E-state index >= 15 is 0 Å². The molecule has 0 unspecified atom stereocenters. The van der Waals surface area contributed by atoms with Gasteiger partial charge in [-0.15, -0.1) is 5.10 Å². The molecule has 1 heterocycles. The van der Waals surface area contributed by atoms with Crippen LogP contribution in [0, 0.1) is 6.92 Å². The van der Waals surface area contributed by atoms with E-state index in [0.717, 1.165) is 21.2 Å². The highest BCUT2D eigenvalue weighted by atomic mass is 79.9. The molecule has 1 aromatic heterocycles. The zero-order valence-corrected chi connectivity index (χ0v) is 14.0. The van der Waals surface area contributed by atoms with Crippen LogP contribution in [0.25, 0.3) is 22.8 Å². The van der Waals surface area contributed by atoms with Crippen LogP contribution in [0.5, 0.6) is 0 Å². The zero-order valence-electron chi connectivity index (χ0n) is 12.4. The van der Waals surface area contributed by atoms with E-state index < -0.39 is 5.97 Å². The van der Waals surface area contributed by atoms with E-state index in [1.807, 2.05) is 55.5 Å². The molecular formula is C17H14BrN3O2. The molecule has 0 bridgehead atoms. The van der Waals surface area contributed by atoms with Gasteiger partial charge in [-0.2, -0.15) is 0 Å². The monoisotopic (exact) mass is 371 g/mol. The predicted molar refractivity (Wildman–Crippen MR) is 91.0 cm³/mol. The predicted octanol–water partition coefficient (Wildman–Crippen LogP) is 3.77. The first-order valence-corrected chi connectivity index (χ1v) is 7.82. The molecule has 1 N–H and O–H groups in total. The fourth-order valence-corrected chi connectivity index (χ4v) is 2.53. The third kappa shape index (κ3) is 3.32. The van der Waals surface area contributed by atoms with Gasteiger partial charge in [-0.05, 0) is 30.7 Å². The number of carboxylic acids is 1. The maximum absolute atomic E-state index is 11.1. The second kappa shape index (κ2) is 6.34. The summed E-state index contributed by atoms with van der Waals surface area (Å²) in [6.07, 6.45) is 0. The Morgan fingerprint density at radius 3 is 2.57 bits per heavy atom. The SMILES string of the molecule is Cc1cc(-c2nc(-c3ccccc3)n(CC(=O)O)n2)ccc1Br. The summed E-state index contributed by atoms with van der Waals surface area (Å²) in [5.74, 6) is 0.106. The molecule has 0 aliphatic rings. The van der Waals surface area contributed by atoms with Crippen molar-refractivity contribution in [1.82, 2.24) is 14.8 Å². The lowest BCUT2D eigenvalue weighted by Gasteiger charge is -2.02. The summed E-state index contributed by atoms with van der Waals surface area (Å²) >= 11 is 3.47. The summed E-state index contributed by atoms with van der Waals surface area (Å²) in [6, 6.07) is 15.3. The second-order valence-electron chi connectivity index (χ2n) is 5.14. The van der Waals surface area contributed by atoms with Crippen LogP contribution in [0.2, 0.25) is 0 Å². The number of aryl methyl sites for hydroxylation is 1. The normalized spacial score (nSPS) is 10.7. The maximum atomic E-state index is 11.1. The van der Waals surface area contributed by atoms with Crippen LogP contribution in [0.1, 0.15) is 5.56 Å². The van der Waals surface area contributed by atoms with Crippen molar-refractivity contribution in [2.45, 2.75) is 13.5 Å². The van der Waals surface area contributed by atoms with Gasteiger partial charge in [0, 0.05) is 15.6 Å². The van der Waals surface area contributed by atoms with Gasteiger partial charge in [-0.3, -0.25) is 4.79 Å². The van der Waals surface area contributed by atoms with E-state index in [0.29, 0.717) is 11.6 Å². The number of rotatable bonds is 4. The van der Waals surface area contributed by atoms with Crippen LogP contribution < -0.4 is 0 Å². The Morgan fingerprint density at radius 1 is 1.17 bits per heavy atom. The molecule has 116 valence electrons. The number of aliphatic carboxylic acids is 1. The third-order valence-electron chi connectivity index (χ3n) is 3.40. The van der Waals surface area contributed by atoms with E-state index in [-0.39, 0.29) is 6.54 Å². The van der Waals surface area contributed by atoms with Crippen LogP contribution in [0.15, 0.2) is 53.0 Å². The summed E-state index contributed by atoms with van der Waals surface area (Å²) in [5, 5.41) is 13.5. The molecular weight excluding hydrogens is 358 g/mol. The molecule has 0 fully saturated rings. The largest absolute Gasteiger partial charge is 0.480 e. The van der Waals surface area contributed by atoms with E-state index in [2.05, 4.69) is 26.0 Å². The van der Waals surface area contributed by atoms with Gasteiger partial charge in [-0.25, -0.2) is 9.67 Å². The zero-order chi connectivity index (χ0) is 16.4. The number of halogens is 1. The Bertz CT molecular complexity index is 860. The third-order valence-corrected chi connectivity index (χ3v) is 4.29. The molecule has 0 aliphatic heterocycles. The Morgan fingerprint density at radius 2 is 1.91 bits per heavy atom.